The first-order valence-electron chi connectivity index (χ1n) is 6.83. The van der Waals surface area contributed by atoms with Crippen LogP contribution >= 0.6 is 0 Å². The average molecular weight is 233 g/mol. The number of aromatic nitrogens is 1. The van der Waals surface area contributed by atoms with Gasteiger partial charge in [0.1, 0.15) is 0 Å². The fourth-order valence-electron chi connectivity index (χ4n) is 2.93. The summed E-state index contributed by atoms with van der Waals surface area (Å²) < 4.78 is 0. The van der Waals surface area contributed by atoms with Gasteiger partial charge in [-0.25, -0.2) is 0 Å². The molecular weight excluding hydrogens is 210 g/mol. The van der Waals surface area contributed by atoms with Crippen molar-refractivity contribution < 1.29 is 5.11 Å². The highest BCUT2D eigenvalue weighted by Gasteiger charge is 2.30. The van der Waals surface area contributed by atoms with Crippen molar-refractivity contribution in [1.29, 1.82) is 0 Å². The maximum absolute atomic E-state index is 10.7. The van der Waals surface area contributed by atoms with Crippen molar-refractivity contribution in [3.8, 4) is 0 Å². The molecular formula is C15H23NO. The molecule has 1 saturated carbocycles. The van der Waals surface area contributed by atoms with E-state index in [1.165, 1.54) is 31.2 Å². The Morgan fingerprint density at radius 2 is 2.06 bits per heavy atom. The third kappa shape index (κ3) is 3.53. The van der Waals surface area contributed by atoms with Crippen LogP contribution in [-0.2, 0) is 6.42 Å². The number of rotatable bonds is 3. The van der Waals surface area contributed by atoms with E-state index in [0.717, 1.165) is 25.2 Å². The summed E-state index contributed by atoms with van der Waals surface area (Å²) >= 11 is 0. The van der Waals surface area contributed by atoms with Crippen molar-refractivity contribution in [3.05, 3.63) is 30.1 Å². The Labute approximate surface area is 104 Å². The van der Waals surface area contributed by atoms with E-state index in [2.05, 4.69) is 11.9 Å². The maximum Gasteiger partial charge on any atom is 0.0688 e. The van der Waals surface area contributed by atoms with Gasteiger partial charge in [0, 0.05) is 18.8 Å². The van der Waals surface area contributed by atoms with Crippen LogP contribution in [-0.4, -0.2) is 15.7 Å². The van der Waals surface area contributed by atoms with E-state index in [0.29, 0.717) is 0 Å². The Morgan fingerprint density at radius 1 is 1.29 bits per heavy atom. The minimum atomic E-state index is -0.481. The Hall–Kier alpha value is -0.890. The van der Waals surface area contributed by atoms with E-state index in [9.17, 15) is 5.11 Å². The summed E-state index contributed by atoms with van der Waals surface area (Å²) in [4.78, 5) is 4.02. The van der Waals surface area contributed by atoms with Crippen LogP contribution in [0.25, 0.3) is 0 Å². The molecule has 1 aliphatic carbocycles. The monoisotopic (exact) mass is 233 g/mol. The van der Waals surface area contributed by atoms with Gasteiger partial charge in [-0.2, -0.15) is 0 Å². The molecule has 1 fully saturated rings. The first-order valence-corrected chi connectivity index (χ1v) is 6.83. The van der Waals surface area contributed by atoms with Crippen LogP contribution < -0.4 is 0 Å². The zero-order valence-corrected chi connectivity index (χ0v) is 10.7. The molecule has 1 aromatic rings. The average Bonchev–Trinajstić information content (AvgIpc) is 2.52. The second kappa shape index (κ2) is 5.63. The van der Waals surface area contributed by atoms with Gasteiger partial charge in [-0.15, -0.1) is 0 Å². The molecule has 2 unspecified atom stereocenters. The molecule has 1 aromatic heterocycles. The molecule has 1 heterocycles. The molecule has 94 valence electrons. The van der Waals surface area contributed by atoms with E-state index < -0.39 is 5.60 Å². The molecule has 0 aromatic carbocycles. The topological polar surface area (TPSA) is 33.1 Å². The van der Waals surface area contributed by atoms with Gasteiger partial charge in [0.15, 0.2) is 0 Å². The van der Waals surface area contributed by atoms with Crippen LogP contribution in [0.4, 0.5) is 0 Å². The summed E-state index contributed by atoms with van der Waals surface area (Å²) in [5, 5.41) is 10.7. The van der Waals surface area contributed by atoms with Crippen molar-refractivity contribution in [3.63, 3.8) is 0 Å². The minimum Gasteiger partial charge on any atom is -0.390 e. The first-order chi connectivity index (χ1) is 8.22. The van der Waals surface area contributed by atoms with Crippen LogP contribution in [0.15, 0.2) is 24.5 Å². The van der Waals surface area contributed by atoms with Gasteiger partial charge < -0.3 is 5.11 Å². The second-order valence-corrected chi connectivity index (χ2v) is 5.46. The van der Waals surface area contributed by atoms with E-state index in [1.54, 1.807) is 0 Å². The highest BCUT2D eigenvalue weighted by atomic mass is 16.3. The minimum absolute atomic E-state index is 0.481. The van der Waals surface area contributed by atoms with Crippen LogP contribution in [0, 0.1) is 5.92 Å². The molecule has 2 atom stereocenters. The SMILES string of the molecule is CCC1CCCC(O)(Cc2ccncc2)CC1. The van der Waals surface area contributed by atoms with Gasteiger partial charge in [-0.3, -0.25) is 4.98 Å². The highest BCUT2D eigenvalue weighted by Crippen LogP contribution is 2.33. The molecule has 1 N–H and O–H groups in total. The number of hydrogen-bond donors (Lipinski definition) is 1. The normalized spacial score (nSPS) is 29.9. The summed E-state index contributed by atoms with van der Waals surface area (Å²) in [6, 6.07) is 4.03. The van der Waals surface area contributed by atoms with Gasteiger partial charge in [-0.1, -0.05) is 26.2 Å². The zero-order valence-electron chi connectivity index (χ0n) is 10.7. The van der Waals surface area contributed by atoms with E-state index in [-0.39, 0.29) is 0 Å². The van der Waals surface area contributed by atoms with E-state index in [4.69, 9.17) is 0 Å². The van der Waals surface area contributed by atoms with E-state index >= 15 is 0 Å². The third-order valence-electron chi connectivity index (χ3n) is 4.13. The molecule has 0 spiro atoms. The Balaban J connectivity index is 1.99. The maximum atomic E-state index is 10.7. The molecule has 17 heavy (non-hydrogen) atoms. The van der Waals surface area contributed by atoms with Gasteiger partial charge in [0.2, 0.25) is 0 Å². The summed E-state index contributed by atoms with van der Waals surface area (Å²) in [5.74, 6) is 0.821. The smallest absolute Gasteiger partial charge is 0.0688 e. The molecule has 1 aliphatic rings. The Bertz CT molecular complexity index is 338. The van der Waals surface area contributed by atoms with Crippen molar-refractivity contribution in [2.75, 3.05) is 0 Å². The second-order valence-electron chi connectivity index (χ2n) is 5.46. The van der Waals surface area contributed by atoms with Crippen molar-refractivity contribution >= 4 is 0 Å². The fourth-order valence-corrected chi connectivity index (χ4v) is 2.93. The molecule has 2 nitrogen and oxygen atoms in total. The largest absolute Gasteiger partial charge is 0.390 e. The zero-order chi connectivity index (χ0) is 12.1. The Morgan fingerprint density at radius 3 is 2.76 bits per heavy atom. The number of nitrogens with zero attached hydrogens (tertiary/aromatic N) is 1. The van der Waals surface area contributed by atoms with Crippen LogP contribution in [0.1, 0.15) is 51.0 Å². The lowest BCUT2D eigenvalue weighted by Gasteiger charge is -2.26. The quantitative estimate of drug-likeness (QED) is 0.812. The van der Waals surface area contributed by atoms with Gasteiger partial charge in [0.05, 0.1) is 5.60 Å². The number of hydrogen-bond acceptors (Lipinski definition) is 2. The number of aliphatic hydroxyl groups is 1. The van der Waals surface area contributed by atoms with Gasteiger partial charge in [-0.05, 0) is 42.9 Å². The van der Waals surface area contributed by atoms with Crippen LogP contribution in [0.3, 0.4) is 0 Å². The van der Waals surface area contributed by atoms with Crippen LogP contribution in [0.2, 0.25) is 0 Å². The molecule has 0 radical (unpaired) electrons. The first kappa shape index (κ1) is 12.6. The molecule has 2 rings (SSSR count). The lowest BCUT2D eigenvalue weighted by atomic mass is 9.87. The fraction of sp³-hybridized carbons (Fsp3) is 0.667. The summed E-state index contributed by atoms with van der Waals surface area (Å²) in [6.07, 6.45) is 11.2. The molecule has 0 bridgehead atoms. The lowest BCUT2D eigenvalue weighted by Crippen LogP contribution is -2.30. The molecule has 0 amide bonds. The van der Waals surface area contributed by atoms with Crippen LogP contribution in [0.5, 0.6) is 0 Å². The summed E-state index contributed by atoms with van der Waals surface area (Å²) in [7, 11) is 0. The predicted octanol–water partition coefficient (Wildman–Crippen LogP) is 3.35. The van der Waals surface area contributed by atoms with E-state index in [1.807, 2.05) is 24.5 Å². The van der Waals surface area contributed by atoms with Gasteiger partial charge in [0.25, 0.3) is 0 Å². The third-order valence-corrected chi connectivity index (χ3v) is 4.13. The molecule has 0 saturated heterocycles. The summed E-state index contributed by atoms with van der Waals surface area (Å²) in [5.41, 5.74) is 0.725. The number of pyridine rings is 1. The van der Waals surface area contributed by atoms with Gasteiger partial charge >= 0.3 is 0 Å². The standard InChI is InChI=1S/C15H23NO/c1-2-13-4-3-8-15(17,9-5-13)12-14-6-10-16-11-7-14/h6-7,10-11,13,17H,2-5,8-9,12H2,1H3. The Kier molecular flexibility index (Phi) is 4.16. The highest BCUT2D eigenvalue weighted by molar-refractivity contribution is 5.13. The predicted molar refractivity (Wildman–Crippen MR) is 69.8 cm³/mol. The van der Waals surface area contributed by atoms with Crippen molar-refractivity contribution in [2.45, 2.75) is 57.5 Å². The summed E-state index contributed by atoms with van der Waals surface area (Å²) in [6.45, 7) is 2.26. The lowest BCUT2D eigenvalue weighted by molar-refractivity contribution is 0.0241. The molecule has 0 aliphatic heterocycles. The van der Waals surface area contributed by atoms with Crippen molar-refractivity contribution in [1.82, 2.24) is 4.98 Å². The molecule has 2 heteroatoms. The van der Waals surface area contributed by atoms with Crippen molar-refractivity contribution in [2.24, 2.45) is 5.92 Å².